The van der Waals surface area contributed by atoms with Gasteiger partial charge in [0.1, 0.15) is 23.9 Å². The number of halogens is 3. The minimum Gasteiger partial charge on any atom is -0.480 e. The number of para-hydroxylation sites is 1. The van der Waals surface area contributed by atoms with Gasteiger partial charge in [-0.1, -0.05) is 18.2 Å². The summed E-state index contributed by atoms with van der Waals surface area (Å²) in [6.45, 7) is 2.33. The number of hydrogen-bond acceptors (Lipinski definition) is 6. The molecule has 0 saturated carbocycles. The van der Waals surface area contributed by atoms with Crippen molar-refractivity contribution in [3.05, 3.63) is 66.6 Å². The molecule has 1 heterocycles. The summed E-state index contributed by atoms with van der Waals surface area (Å²) in [5.74, 6) is -0.0995. The van der Waals surface area contributed by atoms with Gasteiger partial charge in [0, 0.05) is 37.3 Å². The summed E-state index contributed by atoms with van der Waals surface area (Å²) in [5, 5.41) is 8.70. The van der Waals surface area contributed by atoms with Crippen LogP contribution in [0.5, 0.6) is 5.75 Å². The Hall–Kier alpha value is -3.86. The Morgan fingerprint density at radius 3 is 2.35 bits per heavy atom. The van der Waals surface area contributed by atoms with Crippen molar-refractivity contribution in [3.8, 4) is 5.75 Å². The number of amidine groups is 1. The summed E-state index contributed by atoms with van der Waals surface area (Å²) in [7, 11) is 0. The SMILES string of the molecule is C=N/C=C(\N=C(/C)N1CCC(F)(COCC(=O)O)CC1)N(c1ccccc1)c1ccc(OC(F)F)cc1. The third-order valence-corrected chi connectivity index (χ3v) is 5.75. The second kappa shape index (κ2) is 12.9. The van der Waals surface area contributed by atoms with Crippen LogP contribution in [0.25, 0.3) is 0 Å². The van der Waals surface area contributed by atoms with Crippen molar-refractivity contribution in [1.29, 1.82) is 0 Å². The lowest BCUT2D eigenvalue weighted by molar-refractivity contribution is -0.144. The highest BCUT2D eigenvalue weighted by molar-refractivity contribution is 5.82. The van der Waals surface area contributed by atoms with E-state index in [2.05, 4.69) is 16.4 Å². The fourth-order valence-corrected chi connectivity index (χ4v) is 3.92. The molecule has 198 valence electrons. The first-order chi connectivity index (χ1) is 17.7. The standard InChI is InChI=1S/C26H29F3N4O4/c1-19(32-14-12-26(29,13-15-32)18-36-17-24(34)35)31-23(16-30-2)33(20-6-4-3-5-7-20)21-8-10-22(11-9-21)37-25(27)28/h3-11,16,25H,2,12-15,17-18H2,1H3,(H,34,35)/b23-16+,31-19+. The van der Waals surface area contributed by atoms with E-state index in [0.717, 1.165) is 5.69 Å². The van der Waals surface area contributed by atoms with Gasteiger partial charge in [0.2, 0.25) is 0 Å². The fourth-order valence-electron chi connectivity index (χ4n) is 3.92. The molecule has 0 spiro atoms. The monoisotopic (exact) mass is 518 g/mol. The van der Waals surface area contributed by atoms with E-state index in [-0.39, 0.29) is 25.2 Å². The largest absolute Gasteiger partial charge is 0.480 e. The van der Waals surface area contributed by atoms with Gasteiger partial charge < -0.3 is 19.5 Å². The van der Waals surface area contributed by atoms with E-state index >= 15 is 4.39 Å². The number of benzene rings is 2. The van der Waals surface area contributed by atoms with Gasteiger partial charge in [-0.2, -0.15) is 8.78 Å². The molecule has 1 N–H and O–H groups in total. The number of ether oxygens (including phenoxy) is 2. The minimum atomic E-state index is -2.93. The molecule has 0 atom stereocenters. The molecule has 2 aromatic carbocycles. The molecular formula is C26H29F3N4O4. The summed E-state index contributed by atoms with van der Waals surface area (Å²) in [4.78, 5) is 23.0. The molecule has 0 radical (unpaired) electrons. The zero-order valence-corrected chi connectivity index (χ0v) is 20.4. The van der Waals surface area contributed by atoms with E-state index in [1.807, 2.05) is 35.2 Å². The van der Waals surface area contributed by atoms with Crippen LogP contribution in [0.1, 0.15) is 19.8 Å². The van der Waals surface area contributed by atoms with Crippen LogP contribution < -0.4 is 9.64 Å². The number of piperidine rings is 1. The number of hydrogen-bond donors (Lipinski definition) is 1. The maximum atomic E-state index is 15.0. The first-order valence-corrected chi connectivity index (χ1v) is 11.6. The van der Waals surface area contributed by atoms with Crippen molar-refractivity contribution in [1.82, 2.24) is 4.90 Å². The number of nitrogens with zero attached hydrogens (tertiary/aromatic N) is 4. The topological polar surface area (TPSA) is 87.0 Å². The second-order valence-electron chi connectivity index (χ2n) is 8.40. The van der Waals surface area contributed by atoms with E-state index in [0.29, 0.717) is 30.4 Å². The summed E-state index contributed by atoms with van der Waals surface area (Å²) < 4.78 is 49.7. The van der Waals surface area contributed by atoms with Crippen molar-refractivity contribution >= 4 is 29.9 Å². The number of likely N-dealkylation sites (tertiary alicyclic amines) is 1. The number of aliphatic carboxylic acids is 1. The molecule has 37 heavy (non-hydrogen) atoms. The zero-order chi connectivity index (χ0) is 26.8. The highest BCUT2D eigenvalue weighted by Crippen LogP contribution is 2.33. The Labute approximate surface area is 213 Å². The van der Waals surface area contributed by atoms with Crippen LogP contribution in [-0.4, -0.2) is 67.1 Å². The molecule has 0 bridgehead atoms. The Morgan fingerprint density at radius 1 is 1.16 bits per heavy atom. The molecule has 1 saturated heterocycles. The lowest BCUT2D eigenvalue weighted by Crippen LogP contribution is -2.46. The van der Waals surface area contributed by atoms with Gasteiger partial charge in [0.05, 0.1) is 12.8 Å². The highest BCUT2D eigenvalue weighted by atomic mass is 19.3. The number of anilines is 2. The Kier molecular flexibility index (Phi) is 9.67. The van der Waals surface area contributed by atoms with Gasteiger partial charge in [0.15, 0.2) is 5.82 Å². The molecule has 0 aromatic heterocycles. The molecule has 3 rings (SSSR count). The first-order valence-electron chi connectivity index (χ1n) is 11.6. The molecule has 8 nitrogen and oxygen atoms in total. The van der Waals surface area contributed by atoms with Crippen LogP contribution in [-0.2, 0) is 9.53 Å². The zero-order valence-electron chi connectivity index (χ0n) is 20.4. The molecule has 1 aliphatic rings. The van der Waals surface area contributed by atoms with Crippen LogP contribution in [0.2, 0.25) is 0 Å². The normalized spacial score (nSPS) is 16.0. The van der Waals surface area contributed by atoms with Gasteiger partial charge in [0.25, 0.3) is 0 Å². The highest BCUT2D eigenvalue weighted by Gasteiger charge is 2.35. The number of alkyl halides is 3. The molecule has 1 aliphatic heterocycles. The molecule has 0 aliphatic carbocycles. The number of rotatable bonds is 11. The second-order valence-corrected chi connectivity index (χ2v) is 8.40. The van der Waals surface area contributed by atoms with E-state index < -0.39 is 24.9 Å². The number of carboxylic acid groups (broad SMARTS) is 1. The third-order valence-electron chi connectivity index (χ3n) is 5.75. The number of aliphatic imine (C=N–C) groups is 2. The van der Waals surface area contributed by atoms with E-state index in [9.17, 15) is 13.6 Å². The van der Waals surface area contributed by atoms with Crippen molar-refractivity contribution in [3.63, 3.8) is 0 Å². The predicted octanol–water partition coefficient (Wildman–Crippen LogP) is 5.25. The van der Waals surface area contributed by atoms with Crippen LogP contribution in [0.3, 0.4) is 0 Å². The predicted molar refractivity (Wildman–Crippen MR) is 135 cm³/mol. The maximum Gasteiger partial charge on any atom is 0.387 e. The number of carbonyl (C=O) groups is 1. The van der Waals surface area contributed by atoms with Crippen LogP contribution >= 0.6 is 0 Å². The summed E-state index contributed by atoms with van der Waals surface area (Å²) in [6.07, 6.45) is 1.79. The smallest absolute Gasteiger partial charge is 0.387 e. The molecular weight excluding hydrogens is 489 g/mol. The van der Waals surface area contributed by atoms with Crippen molar-refractivity contribution < 1.29 is 32.5 Å². The Balaban J connectivity index is 1.83. The van der Waals surface area contributed by atoms with Crippen molar-refractivity contribution in [2.45, 2.75) is 32.0 Å². The third kappa shape index (κ3) is 8.07. The van der Waals surface area contributed by atoms with Gasteiger partial charge in [-0.15, -0.1) is 0 Å². The molecule has 1 fully saturated rings. The number of carboxylic acids is 1. The molecule has 0 unspecified atom stereocenters. The van der Waals surface area contributed by atoms with Gasteiger partial charge in [-0.3, -0.25) is 9.89 Å². The van der Waals surface area contributed by atoms with E-state index in [1.54, 1.807) is 24.0 Å². The van der Waals surface area contributed by atoms with Crippen LogP contribution in [0.4, 0.5) is 24.5 Å². The molecule has 11 heteroatoms. The van der Waals surface area contributed by atoms with Crippen molar-refractivity contribution in [2.24, 2.45) is 9.98 Å². The molecule has 0 amide bonds. The van der Waals surface area contributed by atoms with Gasteiger partial charge >= 0.3 is 12.6 Å². The lowest BCUT2D eigenvalue weighted by Gasteiger charge is -2.37. The first kappa shape index (κ1) is 27.7. The minimum absolute atomic E-state index is 0.0224. The van der Waals surface area contributed by atoms with Crippen molar-refractivity contribution in [2.75, 3.05) is 31.2 Å². The summed E-state index contributed by atoms with van der Waals surface area (Å²) in [6, 6.07) is 15.4. The molecule has 2 aromatic rings. The maximum absolute atomic E-state index is 15.0. The van der Waals surface area contributed by atoms with Crippen LogP contribution in [0.15, 0.2) is 76.6 Å². The summed E-state index contributed by atoms with van der Waals surface area (Å²) in [5.41, 5.74) is -0.240. The van der Waals surface area contributed by atoms with Crippen LogP contribution in [0, 0.1) is 0 Å². The average molecular weight is 519 g/mol. The lowest BCUT2D eigenvalue weighted by atomic mass is 9.94. The van der Waals surface area contributed by atoms with Gasteiger partial charge in [-0.25, -0.2) is 14.2 Å². The average Bonchev–Trinajstić information content (AvgIpc) is 2.86. The summed E-state index contributed by atoms with van der Waals surface area (Å²) >= 11 is 0. The van der Waals surface area contributed by atoms with E-state index in [1.165, 1.54) is 18.3 Å². The van der Waals surface area contributed by atoms with E-state index in [4.69, 9.17) is 14.8 Å². The Morgan fingerprint density at radius 2 is 1.78 bits per heavy atom. The fraction of sp³-hybridized carbons (Fsp3) is 0.346. The van der Waals surface area contributed by atoms with Gasteiger partial charge in [-0.05, 0) is 50.0 Å². The Bertz CT molecular complexity index is 1100. The quantitative estimate of drug-likeness (QED) is 0.323.